The van der Waals surface area contributed by atoms with Crippen LogP contribution in [0.15, 0.2) is 16.5 Å². The molecule has 0 unspecified atom stereocenters. The van der Waals surface area contributed by atoms with Crippen LogP contribution in [0.2, 0.25) is 0 Å². The predicted molar refractivity (Wildman–Crippen MR) is 71.5 cm³/mol. The maximum absolute atomic E-state index is 5.86. The molecule has 0 amide bonds. The van der Waals surface area contributed by atoms with E-state index in [1.54, 1.807) is 7.11 Å². The first-order chi connectivity index (χ1) is 8.83. The monoisotopic (exact) mass is 245 g/mol. The second-order valence-corrected chi connectivity index (χ2v) is 4.97. The molecule has 0 aliphatic heterocycles. The summed E-state index contributed by atoms with van der Waals surface area (Å²) in [6.07, 6.45) is 4.93. The van der Waals surface area contributed by atoms with Gasteiger partial charge in [-0.25, -0.2) is 0 Å². The summed E-state index contributed by atoms with van der Waals surface area (Å²) >= 11 is 0. The lowest BCUT2D eigenvalue weighted by molar-refractivity contribution is 0.184. The van der Waals surface area contributed by atoms with Gasteiger partial charge in [-0.2, -0.15) is 0 Å². The molecule has 3 nitrogen and oxygen atoms in total. The standard InChI is InChI=1S/C15H19NO2/c1-17-9-13-12-6-10-4-2-3-5-11(10)7-14(12)18-15(13)8-16/h6-7H,2-5,8-9,16H2,1H3. The van der Waals surface area contributed by atoms with Gasteiger partial charge in [-0.3, -0.25) is 0 Å². The molecule has 0 spiro atoms. The van der Waals surface area contributed by atoms with Crippen LogP contribution in [0.5, 0.6) is 0 Å². The molecule has 1 aromatic carbocycles. The molecular formula is C15H19NO2. The first-order valence-electron chi connectivity index (χ1n) is 6.58. The van der Waals surface area contributed by atoms with Crippen LogP contribution in [-0.4, -0.2) is 7.11 Å². The van der Waals surface area contributed by atoms with Gasteiger partial charge in [0.1, 0.15) is 11.3 Å². The molecule has 3 heteroatoms. The van der Waals surface area contributed by atoms with Crippen LogP contribution in [0.25, 0.3) is 11.0 Å². The number of fused-ring (bicyclic) bond motifs is 2. The van der Waals surface area contributed by atoms with Crippen molar-refractivity contribution in [2.24, 2.45) is 5.73 Å². The number of benzene rings is 1. The molecule has 3 rings (SSSR count). The zero-order valence-electron chi connectivity index (χ0n) is 10.8. The molecule has 0 bridgehead atoms. The van der Waals surface area contributed by atoms with E-state index in [-0.39, 0.29) is 0 Å². The Morgan fingerprint density at radius 1 is 1.22 bits per heavy atom. The molecule has 1 aromatic heterocycles. The van der Waals surface area contributed by atoms with E-state index in [1.165, 1.54) is 42.2 Å². The van der Waals surface area contributed by atoms with Gasteiger partial charge in [-0.05, 0) is 48.9 Å². The van der Waals surface area contributed by atoms with E-state index in [2.05, 4.69) is 12.1 Å². The summed E-state index contributed by atoms with van der Waals surface area (Å²) in [5.74, 6) is 0.856. The molecule has 2 N–H and O–H groups in total. The molecule has 2 aromatic rings. The smallest absolute Gasteiger partial charge is 0.135 e. The summed E-state index contributed by atoms with van der Waals surface area (Å²) in [7, 11) is 1.71. The van der Waals surface area contributed by atoms with Crippen LogP contribution in [0.1, 0.15) is 35.3 Å². The molecule has 0 radical (unpaired) electrons. The van der Waals surface area contributed by atoms with Gasteiger partial charge in [0.15, 0.2) is 0 Å². The first-order valence-corrected chi connectivity index (χ1v) is 6.58. The highest BCUT2D eigenvalue weighted by Crippen LogP contribution is 2.32. The Morgan fingerprint density at radius 3 is 2.61 bits per heavy atom. The normalized spacial score (nSPS) is 15.0. The summed E-state index contributed by atoms with van der Waals surface area (Å²) in [6, 6.07) is 4.48. The first kappa shape index (κ1) is 11.8. The van der Waals surface area contributed by atoms with E-state index in [0.29, 0.717) is 13.2 Å². The fourth-order valence-electron chi connectivity index (χ4n) is 2.90. The lowest BCUT2D eigenvalue weighted by atomic mass is 9.90. The van der Waals surface area contributed by atoms with Gasteiger partial charge in [-0.1, -0.05) is 0 Å². The molecule has 0 fully saturated rings. The number of furan rings is 1. The predicted octanol–water partition coefficient (Wildman–Crippen LogP) is 2.92. The minimum Gasteiger partial charge on any atom is -0.459 e. The van der Waals surface area contributed by atoms with Gasteiger partial charge in [0, 0.05) is 18.1 Å². The number of nitrogens with two attached hydrogens (primary N) is 1. The Hall–Kier alpha value is -1.32. The van der Waals surface area contributed by atoms with Crippen molar-refractivity contribution in [3.63, 3.8) is 0 Å². The highest BCUT2D eigenvalue weighted by Gasteiger charge is 2.17. The van der Waals surface area contributed by atoms with Gasteiger partial charge < -0.3 is 14.9 Å². The SMILES string of the molecule is COCc1c(CN)oc2cc3c(cc12)CCCC3. The summed E-state index contributed by atoms with van der Waals surface area (Å²) in [5, 5.41) is 1.18. The average Bonchev–Trinajstić information content (AvgIpc) is 2.74. The molecule has 1 aliphatic rings. The van der Waals surface area contributed by atoms with E-state index in [1.807, 2.05) is 0 Å². The number of ether oxygens (including phenoxy) is 1. The van der Waals surface area contributed by atoms with Crippen LogP contribution in [-0.2, 0) is 30.7 Å². The molecule has 18 heavy (non-hydrogen) atoms. The Bertz CT molecular complexity index is 571. The van der Waals surface area contributed by atoms with E-state index < -0.39 is 0 Å². The molecule has 0 atom stereocenters. The highest BCUT2D eigenvalue weighted by atomic mass is 16.5. The van der Waals surface area contributed by atoms with Crippen molar-refractivity contribution in [2.45, 2.75) is 38.8 Å². The van der Waals surface area contributed by atoms with Crippen LogP contribution in [0.3, 0.4) is 0 Å². The van der Waals surface area contributed by atoms with Crippen LogP contribution >= 0.6 is 0 Å². The second-order valence-electron chi connectivity index (χ2n) is 4.97. The number of aryl methyl sites for hydroxylation is 2. The van der Waals surface area contributed by atoms with Gasteiger partial charge in [-0.15, -0.1) is 0 Å². The molecular weight excluding hydrogens is 226 g/mol. The van der Waals surface area contributed by atoms with Gasteiger partial charge >= 0.3 is 0 Å². The maximum Gasteiger partial charge on any atom is 0.135 e. The molecule has 1 aliphatic carbocycles. The minimum atomic E-state index is 0.429. The largest absolute Gasteiger partial charge is 0.459 e. The van der Waals surface area contributed by atoms with Crippen molar-refractivity contribution in [3.8, 4) is 0 Å². The maximum atomic E-state index is 5.86. The quantitative estimate of drug-likeness (QED) is 0.904. The molecule has 0 saturated heterocycles. The Labute approximate surface area is 107 Å². The molecule has 1 heterocycles. The third-order valence-corrected chi connectivity index (χ3v) is 3.81. The van der Waals surface area contributed by atoms with Gasteiger partial charge in [0.2, 0.25) is 0 Å². The number of hydrogen-bond donors (Lipinski definition) is 1. The number of methoxy groups -OCH3 is 1. The fraction of sp³-hybridized carbons (Fsp3) is 0.467. The average molecular weight is 245 g/mol. The van der Waals surface area contributed by atoms with Crippen molar-refractivity contribution in [1.29, 1.82) is 0 Å². The van der Waals surface area contributed by atoms with E-state index in [0.717, 1.165) is 16.9 Å². The minimum absolute atomic E-state index is 0.429. The van der Waals surface area contributed by atoms with Crippen molar-refractivity contribution in [3.05, 3.63) is 34.6 Å². The number of rotatable bonds is 3. The topological polar surface area (TPSA) is 48.4 Å². The van der Waals surface area contributed by atoms with E-state index in [9.17, 15) is 0 Å². The zero-order valence-corrected chi connectivity index (χ0v) is 10.8. The van der Waals surface area contributed by atoms with Gasteiger partial charge in [0.25, 0.3) is 0 Å². The Morgan fingerprint density at radius 2 is 1.94 bits per heavy atom. The molecule has 96 valence electrons. The third kappa shape index (κ3) is 1.84. The summed E-state index contributed by atoms with van der Waals surface area (Å²) in [4.78, 5) is 0. The van der Waals surface area contributed by atoms with Crippen LogP contribution < -0.4 is 5.73 Å². The van der Waals surface area contributed by atoms with Gasteiger partial charge in [0.05, 0.1) is 13.2 Å². The van der Waals surface area contributed by atoms with E-state index in [4.69, 9.17) is 14.9 Å². The van der Waals surface area contributed by atoms with Crippen molar-refractivity contribution >= 4 is 11.0 Å². The summed E-state index contributed by atoms with van der Waals surface area (Å²) in [6.45, 7) is 0.996. The van der Waals surface area contributed by atoms with Crippen molar-refractivity contribution in [1.82, 2.24) is 0 Å². The highest BCUT2D eigenvalue weighted by molar-refractivity contribution is 5.84. The van der Waals surface area contributed by atoms with Crippen molar-refractivity contribution in [2.75, 3.05) is 7.11 Å². The third-order valence-electron chi connectivity index (χ3n) is 3.81. The van der Waals surface area contributed by atoms with Crippen LogP contribution in [0, 0.1) is 0 Å². The fourth-order valence-corrected chi connectivity index (χ4v) is 2.90. The lowest BCUT2D eigenvalue weighted by Crippen LogP contribution is -2.02. The molecule has 0 saturated carbocycles. The summed E-state index contributed by atoms with van der Waals surface area (Å²) in [5.41, 5.74) is 10.7. The van der Waals surface area contributed by atoms with E-state index >= 15 is 0 Å². The lowest BCUT2D eigenvalue weighted by Gasteiger charge is -2.15. The van der Waals surface area contributed by atoms with Crippen LogP contribution in [0.4, 0.5) is 0 Å². The number of hydrogen-bond acceptors (Lipinski definition) is 3. The summed E-state index contributed by atoms with van der Waals surface area (Å²) < 4.78 is 11.1. The Kier molecular flexibility index (Phi) is 3.10. The zero-order chi connectivity index (χ0) is 12.5. The second kappa shape index (κ2) is 4.75. The Balaban J connectivity index is 2.19. The van der Waals surface area contributed by atoms with Crippen molar-refractivity contribution < 1.29 is 9.15 Å².